The Hall–Kier alpha value is -2.45. The molecule has 8 heteroatoms. The fourth-order valence-corrected chi connectivity index (χ4v) is 2.30. The Labute approximate surface area is 122 Å². The van der Waals surface area contributed by atoms with Crippen molar-refractivity contribution >= 4 is 27.3 Å². The molecular weight excluding hydrogens is 292 g/mol. The second-order valence-corrected chi connectivity index (χ2v) is 6.05. The standard InChI is InChI=1S/C13H14N4O3S/c1-15-21(19,20)11-5-3-10(4-6-11)17-13(18)12-7-2-9(14)8-16-12/h2-8,15H,14H2,1H3,(H,17,18). The SMILES string of the molecule is CNS(=O)(=O)c1ccc(NC(=O)c2ccc(N)cn2)cc1. The molecule has 21 heavy (non-hydrogen) atoms. The van der Waals surface area contributed by atoms with Crippen molar-refractivity contribution in [2.75, 3.05) is 18.1 Å². The lowest BCUT2D eigenvalue weighted by Crippen LogP contribution is -2.18. The number of hydrogen-bond donors (Lipinski definition) is 3. The Balaban J connectivity index is 2.13. The number of sulfonamides is 1. The Morgan fingerprint density at radius 1 is 1.14 bits per heavy atom. The first-order valence-corrected chi connectivity index (χ1v) is 7.47. The first-order valence-electron chi connectivity index (χ1n) is 5.99. The van der Waals surface area contributed by atoms with Crippen molar-refractivity contribution in [3.8, 4) is 0 Å². The highest BCUT2D eigenvalue weighted by Crippen LogP contribution is 2.14. The van der Waals surface area contributed by atoms with Gasteiger partial charge in [0.1, 0.15) is 5.69 Å². The molecule has 2 rings (SSSR count). The Morgan fingerprint density at radius 2 is 1.81 bits per heavy atom. The largest absolute Gasteiger partial charge is 0.397 e. The van der Waals surface area contributed by atoms with E-state index in [1.165, 1.54) is 43.6 Å². The topological polar surface area (TPSA) is 114 Å². The monoisotopic (exact) mass is 306 g/mol. The molecule has 0 radical (unpaired) electrons. The summed E-state index contributed by atoms with van der Waals surface area (Å²) in [6.07, 6.45) is 1.39. The molecule has 0 spiro atoms. The summed E-state index contributed by atoms with van der Waals surface area (Å²) in [6.45, 7) is 0. The van der Waals surface area contributed by atoms with Gasteiger partial charge < -0.3 is 11.1 Å². The fraction of sp³-hybridized carbons (Fsp3) is 0.0769. The minimum absolute atomic E-state index is 0.119. The summed E-state index contributed by atoms with van der Waals surface area (Å²) >= 11 is 0. The van der Waals surface area contributed by atoms with Crippen molar-refractivity contribution in [3.63, 3.8) is 0 Å². The van der Waals surface area contributed by atoms with Gasteiger partial charge in [0.25, 0.3) is 5.91 Å². The summed E-state index contributed by atoms with van der Waals surface area (Å²) in [6, 6.07) is 8.88. The van der Waals surface area contributed by atoms with Crippen LogP contribution in [0, 0.1) is 0 Å². The van der Waals surface area contributed by atoms with Gasteiger partial charge in [-0.15, -0.1) is 0 Å². The van der Waals surface area contributed by atoms with E-state index in [2.05, 4.69) is 15.0 Å². The third-order valence-electron chi connectivity index (χ3n) is 2.71. The van der Waals surface area contributed by atoms with Crippen LogP contribution in [0.15, 0.2) is 47.5 Å². The molecule has 4 N–H and O–H groups in total. The van der Waals surface area contributed by atoms with Crippen LogP contribution in [0.5, 0.6) is 0 Å². The Kier molecular flexibility index (Phi) is 4.20. The summed E-state index contributed by atoms with van der Waals surface area (Å²) in [5, 5.41) is 2.62. The molecule has 1 aromatic carbocycles. The van der Waals surface area contributed by atoms with E-state index in [-0.39, 0.29) is 10.6 Å². The minimum Gasteiger partial charge on any atom is -0.397 e. The maximum absolute atomic E-state index is 11.9. The van der Waals surface area contributed by atoms with Gasteiger partial charge in [-0.25, -0.2) is 18.1 Å². The van der Waals surface area contributed by atoms with E-state index in [9.17, 15) is 13.2 Å². The summed E-state index contributed by atoms with van der Waals surface area (Å²) in [5.74, 6) is -0.403. The van der Waals surface area contributed by atoms with Crippen LogP contribution in [-0.4, -0.2) is 26.4 Å². The van der Waals surface area contributed by atoms with Gasteiger partial charge in [-0.05, 0) is 43.4 Å². The van der Waals surface area contributed by atoms with Crippen molar-refractivity contribution in [3.05, 3.63) is 48.3 Å². The van der Waals surface area contributed by atoms with E-state index < -0.39 is 15.9 Å². The van der Waals surface area contributed by atoms with Gasteiger partial charge in [-0.2, -0.15) is 0 Å². The number of nitrogens with one attached hydrogen (secondary N) is 2. The van der Waals surface area contributed by atoms with Crippen LogP contribution in [0.2, 0.25) is 0 Å². The Morgan fingerprint density at radius 3 is 2.33 bits per heavy atom. The number of aromatic nitrogens is 1. The first-order chi connectivity index (χ1) is 9.92. The normalized spacial score (nSPS) is 11.1. The van der Waals surface area contributed by atoms with E-state index in [4.69, 9.17) is 5.73 Å². The Bertz CT molecular complexity index is 740. The number of hydrogen-bond acceptors (Lipinski definition) is 5. The number of anilines is 2. The number of amides is 1. The van der Waals surface area contributed by atoms with Crippen molar-refractivity contribution in [1.82, 2.24) is 9.71 Å². The summed E-state index contributed by atoms with van der Waals surface area (Å²) in [7, 11) is -2.16. The van der Waals surface area contributed by atoms with E-state index in [1.807, 2.05) is 0 Å². The third-order valence-corrected chi connectivity index (χ3v) is 4.14. The van der Waals surface area contributed by atoms with Crippen LogP contribution in [0.25, 0.3) is 0 Å². The highest BCUT2D eigenvalue weighted by molar-refractivity contribution is 7.89. The molecule has 2 aromatic rings. The molecule has 0 aliphatic carbocycles. The predicted molar refractivity (Wildman–Crippen MR) is 79.3 cm³/mol. The van der Waals surface area contributed by atoms with Crippen LogP contribution in [0.3, 0.4) is 0 Å². The lowest BCUT2D eigenvalue weighted by Gasteiger charge is -2.06. The molecule has 0 unspecified atom stereocenters. The van der Waals surface area contributed by atoms with Gasteiger partial charge in [0, 0.05) is 5.69 Å². The van der Waals surface area contributed by atoms with Gasteiger partial charge in [0.2, 0.25) is 10.0 Å². The number of nitrogen functional groups attached to an aromatic ring is 1. The molecule has 0 aliphatic rings. The maximum atomic E-state index is 11.9. The quantitative estimate of drug-likeness (QED) is 0.774. The van der Waals surface area contributed by atoms with Crippen molar-refractivity contribution < 1.29 is 13.2 Å². The molecule has 0 atom stereocenters. The van der Waals surface area contributed by atoms with Crippen LogP contribution in [0.1, 0.15) is 10.5 Å². The predicted octanol–water partition coefficient (Wildman–Crippen LogP) is 0.824. The van der Waals surface area contributed by atoms with E-state index >= 15 is 0 Å². The molecular formula is C13H14N4O3S. The number of nitrogens with two attached hydrogens (primary N) is 1. The molecule has 1 amide bonds. The van der Waals surface area contributed by atoms with Crippen LogP contribution >= 0.6 is 0 Å². The van der Waals surface area contributed by atoms with E-state index in [0.29, 0.717) is 11.4 Å². The molecule has 0 saturated heterocycles. The molecule has 0 bridgehead atoms. The van der Waals surface area contributed by atoms with E-state index in [0.717, 1.165) is 0 Å². The summed E-state index contributed by atoms with van der Waals surface area (Å²) in [4.78, 5) is 15.9. The van der Waals surface area contributed by atoms with Crippen LogP contribution in [-0.2, 0) is 10.0 Å². The van der Waals surface area contributed by atoms with Crippen LogP contribution in [0.4, 0.5) is 11.4 Å². The molecule has 1 aromatic heterocycles. The van der Waals surface area contributed by atoms with Gasteiger partial charge >= 0.3 is 0 Å². The highest BCUT2D eigenvalue weighted by Gasteiger charge is 2.12. The molecule has 110 valence electrons. The number of nitrogens with zero attached hydrogens (tertiary/aromatic N) is 1. The molecule has 0 fully saturated rings. The number of carbonyl (C=O) groups is 1. The fourth-order valence-electron chi connectivity index (χ4n) is 1.57. The molecule has 1 heterocycles. The zero-order chi connectivity index (χ0) is 15.5. The van der Waals surface area contributed by atoms with Gasteiger partial charge in [0.05, 0.1) is 16.8 Å². The first kappa shape index (κ1) is 14.9. The zero-order valence-electron chi connectivity index (χ0n) is 11.2. The second kappa shape index (κ2) is 5.90. The highest BCUT2D eigenvalue weighted by atomic mass is 32.2. The van der Waals surface area contributed by atoms with Crippen LogP contribution < -0.4 is 15.8 Å². The molecule has 0 saturated carbocycles. The van der Waals surface area contributed by atoms with Crippen molar-refractivity contribution in [1.29, 1.82) is 0 Å². The number of carbonyl (C=O) groups excluding carboxylic acids is 1. The average Bonchev–Trinajstić information content (AvgIpc) is 2.48. The van der Waals surface area contributed by atoms with Crippen molar-refractivity contribution in [2.24, 2.45) is 0 Å². The van der Waals surface area contributed by atoms with E-state index in [1.54, 1.807) is 6.07 Å². The number of benzene rings is 1. The third kappa shape index (κ3) is 3.56. The minimum atomic E-state index is -3.49. The molecule has 0 aliphatic heterocycles. The number of rotatable bonds is 4. The average molecular weight is 306 g/mol. The lowest BCUT2D eigenvalue weighted by molar-refractivity contribution is 0.102. The van der Waals surface area contributed by atoms with Gasteiger partial charge in [-0.3, -0.25) is 4.79 Å². The lowest BCUT2D eigenvalue weighted by atomic mass is 10.3. The van der Waals surface area contributed by atoms with Gasteiger partial charge in [0.15, 0.2) is 0 Å². The smallest absolute Gasteiger partial charge is 0.274 e. The zero-order valence-corrected chi connectivity index (χ0v) is 12.0. The summed E-state index contributed by atoms with van der Waals surface area (Å²) < 4.78 is 25.3. The number of pyridine rings is 1. The second-order valence-electron chi connectivity index (χ2n) is 4.16. The maximum Gasteiger partial charge on any atom is 0.274 e. The molecule has 7 nitrogen and oxygen atoms in total. The summed E-state index contributed by atoms with van der Waals surface area (Å²) in [5.41, 5.74) is 6.64. The van der Waals surface area contributed by atoms with Gasteiger partial charge in [-0.1, -0.05) is 0 Å². The van der Waals surface area contributed by atoms with Crippen molar-refractivity contribution in [2.45, 2.75) is 4.90 Å².